The Morgan fingerprint density at radius 2 is 1.88 bits per heavy atom. The number of aromatic nitrogens is 2. The predicted octanol–water partition coefficient (Wildman–Crippen LogP) is 1.72. The van der Waals surface area contributed by atoms with E-state index in [0.29, 0.717) is 11.3 Å². The van der Waals surface area contributed by atoms with E-state index in [4.69, 9.17) is 0 Å². The number of hydrogen-bond acceptors (Lipinski definition) is 3. The first-order valence-corrected chi connectivity index (χ1v) is 5.38. The van der Waals surface area contributed by atoms with Gasteiger partial charge >= 0.3 is 0 Å². The maximum Gasteiger partial charge on any atom is 0.210 e. The number of rotatable bonds is 3. The Kier molecular flexibility index (Phi) is 2.95. The average molecular weight is 229 g/mol. The first-order chi connectivity index (χ1) is 8.09. The fourth-order valence-corrected chi connectivity index (χ4v) is 1.63. The van der Waals surface area contributed by atoms with Crippen LogP contribution in [0.15, 0.2) is 36.8 Å². The molecule has 1 aromatic heterocycles. The quantitative estimate of drug-likeness (QED) is 0.752. The largest absolute Gasteiger partial charge is 0.378 e. The standard InChI is InChI=1S/C13H15N3O/c1-15(2)11-6-4-10(5-7-11)13(17)12-8-14-9-16(12)3/h4-9H,1-3H3. The monoisotopic (exact) mass is 229 g/mol. The molecule has 88 valence electrons. The van der Waals surface area contributed by atoms with Crippen LogP contribution in [0.1, 0.15) is 16.1 Å². The number of carbonyl (C=O) groups is 1. The van der Waals surface area contributed by atoms with E-state index >= 15 is 0 Å². The molecular weight excluding hydrogens is 214 g/mol. The van der Waals surface area contributed by atoms with E-state index in [1.807, 2.05) is 50.3 Å². The lowest BCUT2D eigenvalue weighted by molar-refractivity contribution is 0.103. The van der Waals surface area contributed by atoms with Gasteiger partial charge in [-0.15, -0.1) is 0 Å². The molecule has 0 bridgehead atoms. The van der Waals surface area contributed by atoms with Gasteiger partial charge in [0.2, 0.25) is 5.78 Å². The molecule has 0 aliphatic heterocycles. The van der Waals surface area contributed by atoms with E-state index in [1.54, 1.807) is 17.1 Å². The lowest BCUT2D eigenvalue weighted by Crippen LogP contribution is -2.10. The molecule has 0 unspecified atom stereocenters. The summed E-state index contributed by atoms with van der Waals surface area (Å²) in [4.78, 5) is 18.1. The normalized spacial score (nSPS) is 10.3. The molecule has 1 aromatic carbocycles. The number of nitrogens with zero attached hydrogens (tertiary/aromatic N) is 3. The summed E-state index contributed by atoms with van der Waals surface area (Å²) >= 11 is 0. The van der Waals surface area contributed by atoms with E-state index in [-0.39, 0.29) is 5.78 Å². The summed E-state index contributed by atoms with van der Waals surface area (Å²) < 4.78 is 1.72. The molecule has 0 aliphatic carbocycles. The van der Waals surface area contributed by atoms with Crippen LogP contribution >= 0.6 is 0 Å². The predicted molar refractivity (Wildman–Crippen MR) is 67.4 cm³/mol. The molecule has 0 saturated carbocycles. The highest BCUT2D eigenvalue weighted by atomic mass is 16.1. The van der Waals surface area contributed by atoms with Crippen LogP contribution in [0.5, 0.6) is 0 Å². The van der Waals surface area contributed by atoms with Crippen molar-refractivity contribution in [2.24, 2.45) is 7.05 Å². The first kappa shape index (κ1) is 11.4. The van der Waals surface area contributed by atoms with Crippen LogP contribution in [0.3, 0.4) is 0 Å². The molecule has 0 aliphatic rings. The molecule has 2 aromatic rings. The molecule has 0 radical (unpaired) electrons. The van der Waals surface area contributed by atoms with Crippen molar-refractivity contribution in [3.8, 4) is 0 Å². The van der Waals surface area contributed by atoms with Gasteiger partial charge < -0.3 is 9.47 Å². The molecule has 0 N–H and O–H groups in total. The maximum atomic E-state index is 12.1. The molecule has 0 saturated heterocycles. The zero-order valence-corrected chi connectivity index (χ0v) is 10.2. The number of imidazole rings is 1. The van der Waals surface area contributed by atoms with E-state index in [1.165, 1.54) is 0 Å². The summed E-state index contributed by atoms with van der Waals surface area (Å²) in [5, 5.41) is 0. The van der Waals surface area contributed by atoms with Crippen molar-refractivity contribution in [1.29, 1.82) is 0 Å². The summed E-state index contributed by atoms with van der Waals surface area (Å²) in [7, 11) is 5.75. The van der Waals surface area contributed by atoms with Gasteiger partial charge in [0.05, 0.1) is 12.5 Å². The minimum Gasteiger partial charge on any atom is -0.378 e. The summed E-state index contributed by atoms with van der Waals surface area (Å²) in [5.41, 5.74) is 2.35. The van der Waals surface area contributed by atoms with Crippen molar-refractivity contribution in [1.82, 2.24) is 9.55 Å². The van der Waals surface area contributed by atoms with Gasteiger partial charge in [-0.1, -0.05) is 0 Å². The molecule has 0 spiro atoms. The number of anilines is 1. The number of ketones is 1. The third kappa shape index (κ3) is 2.20. The fourth-order valence-electron chi connectivity index (χ4n) is 1.63. The third-order valence-corrected chi connectivity index (χ3v) is 2.70. The Balaban J connectivity index is 2.29. The lowest BCUT2D eigenvalue weighted by atomic mass is 10.1. The van der Waals surface area contributed by atoms with Crippen molar-refractivity contribution >= 4 is 11.5 Å². The number of hydrogen-bond donors (Lipinski definition) is 0. The Labute approximate surface area is 101 Å². The molecule has 4 nitrogen and oxygen atoms in total. The van der Waals surface area contributed by atoms with Crippen molar-refractivity contribution in [2.45, 2.75) is 0 Å². The molecular formula is C13H15N3O. The second kappa shape index (κ2) is 4.41. The van der Waals surface area contributed by atoms with Crippen LogP contribution < -0.4 is 4.90 Å². The smallest absolute Gasteiger partial charge is 0.210 e. The minimum atomic E-state index is -0.00435. The van der Waals surface area contributed by atoms with Crippen LogP contribution in [-0.2, 0) is 7.05 Å². The van der Waals surface area contributed by atoms with Crippen molar-refractivity contribution in [3.05, 3.63) is 48.0 Å². The highest BCUT2D eigenvalue weighted by molar-refractivity contribution is 6.07. The van der Waals surface area contributed by atoms with Gasteiger partial charge in [0.25, 0.3) is 0 Å². The zero-order chi connectivity index (χ0) is 12.4. The van der Waals surface area contributed by atoms with Gasteiger partial charge in [0.1, 0.15) is 5.69 Å². The van der Waals surface area contributed by atoms with Crippen molar-refractivity contribution < 1.29 is 4.79 Å². The molecule has 4 heteroatoms. The molecule has 0 amide bonds. The van der Waals surface area contributed by atoms with Gasteiger partial charge in [0.15, 0.2) is 0 Å². The zero-order valence-electron chi connectivity index (χ0n) is 10.2. The molecule has 2 rings (SSSR count). The van der Waals surface area contributed by atoms with E-state index in [0.717, 1.165) is 5.69 Å². The van der Waals surface area contributed by atoms with Gasteiger partial charge in [-0.2, -0.15) is 0 Å². The Morgan fingerprint density at radius 3 is 2.35 bits per heavy atom. The highest BCUT2D eigenvalue weighted by Crippen LogP contribution is 2.15. The van der Waals surface area contributed by atoms with Crippen molar-refractivity contribution in [3.63, 3.8) is 0 Å². The number of benzene rings is 1. The van der Waals surface area contributed by atoms with E-state index in [9.17, 15) is 4.79 Å². The lowest BCUT2D eigenvalue weighted by Gasteiger charge is -2.12. The topological polar surface area (TPSA) is 38.1 Å². The molecule has 0 atom stereocenters. The molecule has 0 fully saturated rings. The third-order valence-electron chi connectivity index (χ3n) is 2.70. The van der Waals surface area contributed by atoms with Crippen LogP contribution in [0.25, 0.3) is 0 Å². The van der Waals surface area contributed by atoms with Gasteiger partial charge in [-0.25, -0.2) is 4.98 Å². The van der Waals surface area contributed by atoms with Crippen molar-refractivity contribution in [2.75, 3.05) is 19.0 Å². The fraction of sp³-hybridized carbons (Fsp3) is 0.231. The second-order valence-corrected chi connectivity index (χ2v) is 4.16. The van der Waals surface area contributed by atoms with Crippen LogP contribution in [0.2, 0.25) is 0 Å². The number of aryl methyl sites for hydroxylation is 1. The van der Waals surface area contributed by atoms with Gasteiger partial charge in [-0.3, -0.25) is 4.79 Å². The number of carbonyl (C=O) groups excluding carboxylic acids is 1. The summed E-state index contributed by atoms with van der Waals surface area (Å²) in [6, 6.07) is 7.54. The molecule has 1 heterocycles. The average Bonchev–Trinajstić information content (AvgIpc) is 2.74. The Bertz CT molecular complexity index is 526. The van der Waals surface area contributed by atoms with Crippen LogP contribution in [0, 0.1) is 0 Å². The highest BCUT2D eigenvalue weighted by Gasteiger charge is 2.12. The Hall–Kier alpha value is -2.10. The van der Waals surface area contributed by atoms with E-state index in [2.05, 4.69) is 4.98 Å². The summed E-state index contributed by atoms with van der Waals surface area (Å²) in [6.45, 7) is 0. The SMILES string of the molecule is CN(C)c1ccc(C(=O)c2cncn2C)cc1. The summed E-state index contributed by atoms with van der Waals surface area (Å²) in [5.74, 6) is -0.00435. The van der Waals surface area contributed by atoms with Crippen LogP contribution in [0.4, 0.5) is 5.69 Å². The molecule has 17 heavy (non-hydrogen) atoms. The van der Waals surface area contributed by atoms with Crippen LogP contribution in [-0.4, -0.2) is 29.4 Å². The van der Waals surface area contributed by atoms with Gasteiger partial charge in [0, 0.05) is 32.4 Å². The summed E-state index contributed by atoms with van der Waals surface area (Å²) in [6.07, 6.45) is 3.21. The minimum absolute atomic E-state index is 0.00435. The van der Waals surface area contributed by atoms with E-state index < -0.39 is 0 Å². The Morgan fingerprint density at radius 1 is 1.24 bits per heavy atom. The first-order valence-electron chi connectivity index (χ1n) is 5.38. The second-order valence-electron chi connectivity index (χ2n) is 4.16. The van der Waals surface area contributed by atoms with Gasteiger partial charge in [-0.05, 0) is 24.3 Å². The maximum absolute atomic E-state index is 12.1.